The first-order valence-electron chi connectivity index (χ1n) is 7.50. The molecule has 2 bridgehead atoms. The second kappa shape index (κ2) is 4.73. The van der Waals surface area contributed by atoms with Crippen LogP contribution in [-0.2, 0) is 9.57 Å². The average Bonchev–Trinajstić information content (AvgIpc) is 3.27. The maximum atomic E-state index is 11.1. The molecule has 23 heavy (non-hydrogen) atoms. The SMILES string of the molecule is COc1cc(C)cc2c1C(COC(N)=O)C1(O)ON2C[C@H]2N[C@H]21. The third kappa shape index (κ3) is 2.06. The summed E-state index contributed by atoms with van der Waals surface area (Å²) in [6.45, 7) is 2.51. The van der Waals surface area contributed by atoms with Gasteiger partial charge < -0.3 is 25.6 Å². The van der Waals surface area contributed by atoms with Gasteiger partial charge in [-0.3, -0.25) is 0 Å². The largest absolute Gasteiger partial charge is 0.496 e. The quantitative estimate of drug-likeness (QED) is 0.670. The van der Waals surface area contributed by atoms with Gasteiger partial charge in [0.25, 0.3) is 0 Å². The van der Waals surface area contributed by atoms with E-state index in [4.69, 9.17) is 20.0 Å². The zero-order chi connectivity index (χ0) is 16.4. The summed E-state index contributed by atoms with van der Waals surface area (Å²) in [4.78, 5) is 16.9. The average molecular weight is 321 g/mol. The van der Waals surface area contributed by atoms with Gasteiger partial charge in [0, 0.05) is 11.6 Å². The third-order valence-corrected chi connectivity index (χ3v) is 4.74. The first-order valence-corrected chi connectivity index (χ1v) is 7.50. The minimum absolute atomic E-state index is 0.0863. The lowest BCUT2D eigenvalue weighted by molar-refractivity contribution is -0.247. The Morgan fingerprint density at radius 3 is 3.09 bits per heavy atom. The van der Waals surface area contributed by atoms with Crippen molar-refractivity contribution in [2.24, 2.45) is 5.73 Å². The third-order valence-electron chi connectivity index (χ3n) is 4.74. The highest BCUT2D eigenvalue weighted by atomic mass is 16.8. The normalized spacial score (nSPS) is 33.5. The molecule has 4 rings (SSSR count). The molecule has 0 spiro atoms. The summed E-state index contributed by atoms with van der Waals surface area (Å²) in [6.07, 6.45) is -0.889. The van der Waals surface area contributed by atoms with Crippen molar-refractivity contribution in [2.45, 2.75) is 30.7 Å². The number of nitrogens with zero attached hydrogens (tertiary/aromatic N) is 1. The molecule has 2 unspecified atom stereocenters. The van der Waals surface area contributed by atoms with Crippen LogP contribution < -0.4 is 20.9 Å². The molecule has 2 saturated heterocycles. The summed E-state index contributed by atoms with van der Waals surface area (Å²) >= 11 is 0. The number of benzene rings is 1. The Kier molecular flexibility index (Phi) is 2.99. The molecule has 0 saturated carbocycles. The molecule has 1 aromatic carbocycles. The van der Waals surface area contributed by atoms with Gasteiger partial charge in [0.15, 0.2) is 0 Å². The number of hydroxylamine groups is 1. The van der Waals surface area contributed by atoms with Crippen LogP contribution in [-0.4, -0.2) is 49.3 Å². The summed E-state index contributed by atoms with van der Waals surface area (Å²) in [7, 11) is 1.57. The van der Waals surface area contributed by atoms with Crippen molar-refractivity contribution in [1.82, 2.24) is 5.32 Å². The van der Waals surface area contributed by atoms with E-state index in [1.54, 1.807) is 12.2 Å². The van der Waals surface area contributed by atoms with E-state index in [2.05, 4.69) is 5.32 Å². The lowest BCUT2D eigenvalue weighted by Gasteiger charge is -2.48. The lowest BCUT2D eigenvalue weighted by atomic mass is 9.82. The van der Waals surface area contributed by atoms with Crippen LogP contribution in [0.1, 0.15) is 17.0 Å². The Bertz CT molecular complexity index is 681. The second-order valence-corrected chi connectivity index (χ2v) is 6.24. The van der Waals surface area contributed by atoms with E-state index in [-0.39, 0.29) is 18.7 Å². The Morgan fingerprint density at radius 2 is 2.39 bits per heavy atom. The van der Waals surface area contributed by atoms with E-state index in [1.165, 1.54) is 0 Å². The van der Waals surface area contributed by atoms with Crippen LogP contribution in [0.4, 0.5) is 10.5 Å². The van der Waals surface area contributed by atoms with Gasteiger partial charge >= 0.3 is 6.09 Å². The van der Waals surface area contributed by atoms with Gasteiger partial charge in [0.2, 0.25) is 5.79 Å². The number of hydrogen-bond donors (Lipinski definition) is 3. The zero-order valence-corrected chi connectivity index (χ0v) is 12.9. The van der Waals surface area contributed by atoms with Gasteiger partial charge in [-0.05, 0) is 24.6 Å². The standard InChI is InChI=1S/C15H19N3O5/c1-7-3-10-12(11(4-7)21-2)8(6-22-14(16)19)15(20)13-9(17-13)5-18(10)23-15/h3-4,8-9,13,17,20H,5-6H2,1-2H3,(H2,16,19)/t8?,9-,13-,15?/m1/s1. The number of ether oxygens (including phenoxy) is 2. The maximum absolute atomic E-state index is 11.1. The van der Waals surface area contributed by atoms with E-state index >= 15 is 0 Å². The van der Waals surface area contributed by atoms with Crippen molar-refractivity contribution < 1.29 is 24.2 Å². The Morgan fingerprint density at radius 1 is 1.61 bits per heavy atom. The number of carbonyl (C=O) groups excluding carboxylic acids is 1. The fourth-order valence-electron chi connectivity index (χ4n) is 3.66. The molecule has 4 atom stereocenters. The van der Waals surface area contributed by atoms with Crippen molar-refractivity contribution in [1.29, 1.82) is 0 Å². The van der Waals surface area contributed by atoms with Crippen LogP contribution in [0.5, 0.6) is 5.75 Å². The Balaban J connectivity index is 1.85. The number of nitrogens with one attached hydrogen (secondary N) is 1. The van der Waals surface area contributed by atoms with Crippen molar-refractivity contribution in [3.8, 4) is 5.75 Å². The maximum Gasteiger partial charge on any atom is 0.404 e. The number of amides is 1. The van der Waals surface area contributed by atoms with E-state index in [9.17, 15) is 9.90 Å². The number of anilines is 1. The van der Waals surface area contributed by atoms with Crippen LogP contribution in [0.2, 0.25) is 0 Å². The van der Waals surface area contributed by atoms with Gasteiger partial charge in [0.1, 0.15) is 12.4 Å². The van der Waals surface area contributed by atoms with Gasteiger partial charge in [-0.15, -0.1) is 0 Å². The molecule has 1 aromatic rings. The topological polar surface area (TPSA) is 116 Å². The smallest absolute Gasteiger partial charge is 0.404 e. The van der Waals surface area contributed by atoms with E-state index in [0.717, 1.165) is 16.8 Å². The monoisotopic (exact) mass is 321 g/mol. The van der Waals surface area contributed by atoms with Gasteiger partial charge in [0.05, 0.1) is 31.3 Å². The molecule has 4 N–H and O–H groups in total. The second-order valence-electron chi connectivity index (χ2n) is 6.24. The number of aryl methyl sites for hydroxylation is 1. The number of aliphatic hydroxyl groups is 1. The van der Waals surface area contributed by atoms with Crippen molar-refractivity contribution in [2.75, 3.05) is 25.3 Å². The number of hydrogen-bond acceptors (Lipinski definition) is 7. The molecular weight excluding hydrogens is 302 g/mol. The molecule has 3 aliphatic rings. The van der Waals surface area contributed by atoms with Crippen LogP contribution in [0.25, 0.3) is 0 Å². The Labute approximate surface area is 133 Å². The zero-order valence-electron chi connectivity index (χ0n) is 12.9. The molecular formula is C15H19N3O5. The number of rotatable bonds is 3. The Hall–Kier alpha value is -2.03. The predicted molar refractivity (Wildman–Crippen MR) is 80.1 cm³/mol. The molecule has 8 heteroatoms. The summed E-state index contributed by atoms with van der Waals surface area (Å²) in [5, 5.41) is 16.0. The molecule has 1 amide bonds. The summed E-state index contributed by atoms with van der Waals surface area (Å²) in [5.74, 6) is -1.48. The van der Waals surface area contributed by atoms with Crippen LogP contribution in [0, 0.1) is 6.92 Å². The fourth-order valence-corrected chi connectivity index (χ4v) is 3.66. The van der Waals surface area contributed by atoms with Crippen LogP contribution in [0.15, 0.2) is 12.1 Å². The van der Waals surface area contributed by atoms with Gasteiger partial charge in [-0.25, -0.2) is 14.7 Å². The van der Waals surface area contributed by atoms with E-state index in [0.29, 0.717) is 12.3 Å². The number of carbonyl (C=O) groups is 1. The number of nitrogens with two attached hydrogens (primary N) is 1. The van der Waals surface area contributed by atoms with Crippen molar-refractivity contribution in [3.05, 3.63) is 23.3 Å². The van der Waals surface area contributed by atoms with Crippen LogP contribution in [0.3, 0.4) is 0 Å². The van der Waals surface area contributed by atoms with E-state index < -0.39 is 17.8 Å². The van der Waals surface area contributed by atoms with Crippen molar-refractivity contribution >= 4 is 11.8 Å². The molecule has 3 aliphatic heterocycles. The molecule has 0 aliphatic carbocycles. The lowest BCUT2D eigenvalue weighted by Crippen LogP contribution is -2.59. The summed E-state index contributed by atoms with van der Waals surface area (Å²) in [6, 6.07) is 3.79. The van der Waals surface area contributed by atoms with Crippen molar-refractivity contribution in [3.63, 3.8) is 0 Å². The minimum Gasteiger partial charge on any atom is -0.496 e. The molecule has 3 heterocycles. The summed E-state index contributed by atoms with van der Waals surface area (Å²) < 4.78 is 10.5. The minimum atomic E-state index is -1.51. The molecule has 8 nitrogen and oxygen atoms in total. The fraction of sp³-hybridized carbons (Fsp3) is 0.533. The highest BCUT2D eigenvalue weighted by molar-refractivity contribution is 5.67. The number of primary amides is 1. The molecule has 0 aromatic heterocycles. The predicted octanol–water partition coefficient (Wildman–Crippen LogP) is -0.0233. The number of fused-ring (bicyclic) bond motifs is 6. The molecule has 124 valence electrons. The molecule has 0 radical (unpaired) electrons. The van der Waals surface area contributed by atoms with Gasteiger partial charge in [-0.1, -0.05) is 0 Å². The van der Waals surface area contributed by atoms with Crippen LogP contribution >= 0.6 is 0 Å². The highest BCUT2D eigenvalue weighted by Crippen LogP contribution is 2.53. The first-order chi connectivity index (χ1) is 10.9. The van der Waals surface area contributed by atoms with Gasteiger partial charge in [-0.2, -0.15) is 0 Å². The summed E-state index contributed by atoms with van der Waals surface area (Å²) in [5.41, 5.74) is 7.69. The highest BCUT2D eigenvalue weighted by Gasteiger charge is 2.65. The van der Waals surface area contributed by atoms with E-state index in [1.807, 2.05) is 19.1 Å². The first kappa shape index (κ1) is 14.6. The molecule has 2 fully saturated rings. The number of methoxy groups -OCH3 is 1.